The lowest BCUT2D eigenvalue weighted by Crippen LogP contribution is -2.31. The Morgan fingerprint density at radius 3 is 2.32 bits per heavy atom. The zero-order valence-corrected chi connectivity index (χ0v) is 18.7. The highest BCUT2D eigenvalue weighted by Gasteiger charge is 2.29. The fourth-order valence-corrected chi connectivity index (χ4v) is 4.97. The largest absolute Gasteiger partial charge is 0.496 e. The van der Waals surface area contributed by atoms with Gasteiger partial charge in [0.2, 0.25) is 10.0 Å². The molecule has 1 heterocycles. The van der Waals surface area contributed by atoms with Crippen molar-refractivity contribution in [2.75, 3.05) is 25.5 Å². The van der Waals surface area contributed by atoms with E-state index in [2.05, 4.69) is 10.6 Å². The third-order valence-electron chi connectivity index (χ3n) is 4.96. The third kappa shape index (κ3) is 5.05. The average Bonchev–Trinajstić information content (AvgIpc) is 3.29. The summed E-state index contributed by atoms with van der Waals surface area (Å²) in [5.74, 6) is -0.648. The Kier molecular flexibility index (Phi) is 6.97. The maximum atomic E-state index is 13.1. The molecule has 0 spiro atoms. The molecule has 31 heavy (non-hydrogen) atoms. The Labute approximate surface area is 182 Å². The first-order valence-corrected chi connectivity index (χ1v) is 11.6. The van der Waals surface area contributed by atoms with Gasteiger partial charge in [0.25, 0.3) is 11.8 Å². The molecule has 0 saturated carbocycles. The number of para-hydroxylation sites is 1. The highest BCUT2D eigenvalue weighted by atomic mass is 32.2. The molecule has 8 nitrogen and oxygen atoms in total. The SMILES string of the molecule is COc1ccc(S(=O)(=O)N2CCCC2)cc1C(=O)Nc1ccccc1C(=O)NC(C)C. The number of methoxy groups -OCH3 is 1. The first-order chi connectivity index (χ1) is 14.7. The minimum Gasteiger partial charge on any atom is -0.496 e. The maximum absolute atomic E-state index is 13.1. The Hall–Kier alpha value is -2.91. The van der Waals surface area contributed by atoms with Crippen LogP contribution in [0.3, 0.4) is 0 Å². The van der Waals surface area contributed by atoms with Gasteiger partial charge in [0.15, 0.2) is 0 Å². The fraction of sp³-hybridized carbons (Fsp3) is 0.364. The Morgan fingerprint density at radius 2 is 1.68 bits per heavy atom. The molecule has 0 radical (unpaired) electrons. The van der Waals surface area contributed by atoms with Crippen molar-refractivity contribution in [2.24, 2.45) is 0 Å². The molecule has 166 valence electrons. The number of amides is 2. The van der Waals surface area contributed by atoms with Crippen LogP contribution in [0.4, 0.5) is 5.69 Å². The molecule has 2 aromatic rings. The van der Waals surface area contributed by atoms with E-state index in [0.717, 1.165) is 12.8 Å². The van der Waals surface area contributed by atoms with Crippen LogP contribution in [0, 0.1) is 0 Å². The second-order valence-electron chi connectivity index (χ2n) is 7.60. The number of hydrogen-bond donors (Lipinski definition) is 2. The van der Waals surface area contributed by atoms with Gasteiger partial charge in [-0.1, -0.05) is 12.1 Å². The van der Waals surface area contributed by atoms with E-state index in [1.165, 1.54) is 29.6 Å². The Morgan fingerprint density at radius 1 is 1.00 bits per heavy atom. The number of nitrogens with zero attached hydrogens (tertiary/aromatic N) is 1. The average molecular weight is 446 g/mol. The lowest BCUT2D eigenvalue weighted by atomic mass is 10.1. The molecule has 9 heteroatoms. The lowest BCUT2D eigenvalue weighted by Gasteiger charge is -2.17. The first-order valence-electron chi connectivity index (χ1n) is 10.1. The van der Waals surface area contributed by atoms with Gasteiger partial charge in [0.1, 0.15) is 5.75 Å². The van der Waals surface area contributed by atoms with Gasteiger partial charge < -0.3 is 15.4 Å². The smallest absolute Gasteiger partial charge is 0.259 e. The van der Waals surface area contributed by atoms with Gasteiger partial charge in [-0.3, -0.25) is 9.59 Å². The van der Waals surface area contributed by atoms with Crippen molar-refractivity contribution < 1.29 is 22.7 Å². The van der Waals surface area contributed by atoms with Gasteiger partial charge in [0, 0.05) is 19.1 Å². The van der Waals surface area contributed by atoms with Crippen LogP contribution in [-0.4, -0.2) is 50.8 Å². The van der Waals surface area contributed by atoms with Crippen molar-refractivity contribution in [3.63, 3.8) is 0 Å². The molecular weight excluding hydrogens is 418 g/mol. The van der Waals surface area contributed by atoms with Crippen LogP contribution < -0.4 is 15.4 Å². The predicted molar refractivity (Wildman–Crippen MR) is 118 cm³/mol. The quantitative estimate of drug-likeness (QED) is 0.682. The zero-order chi connectivity index (χ0) is 22.6. The number of ether oxygens (including phenoxy) is 1. The fourth-order valence-electron chi connectivity index (χ4n) is 3.42. The molecule has 1 aliphatic rings. The summed E-state index contributed by atoms with van der Waals surface area (Å²) in [7, 11) is -2.29. The molecule has 0 unspecified atom stereocenters. The summed E-state index contributed by atoms with van der Waals surface area (Å²) >= 11 is 0. The highest BCUT2D eigenvalue weighted by Crippen LogP contribution is 2.27. The summed E-state index contributed by atoms with van der Waals surface area (Å²) in [6.07, 6.45) is 1.63. The van der Waals surface area contributed by atoms with Crippen molar-refractivity contribution in [3.8, 4) is 5.75 Å². The molecule has 2 aromatic carbocycles. The first kappa shape index (κ1) is 22.8. The van der Waals surface area contributed by atoms with Crippen molar-refractivity contribution in [2.45, 2.75) is 37.6 Å². The zero-order valence-electron chi connectivity index (χ0n) is 17.8. The number of rotatable bonds is 7. The molecule has 0 aromatic heterocycles. The molecule has 3 rings (SSSR count). The number of benzene rings is 2. The molecule has 0 aliphatic carbocycles. The van der Waals surface area contributed by atoms with Crippen molar-refractivity contribution >= 4 is 27.5 Å². The van der Waals surface area contributed by atoms with E-state index in [4.69, 9.17) is 4.74 Å². The van der Waals surface area contributed by atoms with Crippen LogP contribution in [0.5, 0.6) is 5.75 Å². The van der Waals surface area contributed by atoms with Crippen molar-refractivity contribution in [1.82, 2.24) is 9.62 Å². The Balaban J connectivity index is 1.93. The van der Waals surface area contributed by atoms with Gasteiger partial charge in [-0.05, 0) is 57.0 Å². The molecule has 1 saturated heterocycles. The monoisotopic (exact) mass is 445 g/mol. The number of carbonyl (C=O) groups is 2. The summed E-state index contributed by atoms with van der Waals surface area (Å²) in [5.41, 5.74) is 0.701. The van der Waals surface area contributed by atoms with E-state index in [1.54, 1.807) is 24.3 Å². The second kappa shape index (κ2) is 9.49. The van der Waals surface area contributed by atoms with E-state index >= 15 is 0 Å². The van der Waals surface area contributed by atoms with Crippen LogP contribution in [0.1, 0.15) is 47.4 Å². The van der Waals surface area contributed by atoms with Crippen LogP contribution in [-0.2, 0) is 10.0 Å². The van der Waals surface area contributed by atoms with Crippen molar-refractivity contribution in [1.29, 1.82) is 0 Å². The van der Waals surface area contributed by atoms with E-state index < -0.39 is 15.9 Å². The minimum atomic E-state index is -3.69. The molecule has 0 bridgehead atoms. The van der Waals surface area contributed by atoms with E-state index in [-0.39, 0.29) is 28.2 Å². The highest BCUT2D eigenvalue weighted by molar-refractivity contribution is 7.89. The molecule has 0 atom stereocenters. The second-order valence-corrected chi connectivity index (χ2v) is 9.54. The topological polar surface area (TPSA) is 105 Å². The standard InChI is InChI=1S/C22H27N3O5S/c1-15(2)23-21(26)17-8-4-5-9-19(17)24-22(27)18-14-16(10-11-20(18)30-3)31(28,29)25-12-6-7-13-25/h4-5,8-11,14-15H,6-7,12-13H2,1-3H3,(H,23,26)(H,24,27). The van der Waals surface area contributed by atoms with E-state index in [9.17, 15) is 18.0 Å². The maximum Gasteiger partial charge on any atom is 0.259 e. The summed E-state index contributed by atoms with van der Waals surface area (Å²) in [6.45, 7) is 4.62. The molecule has 1 fully saturated rings. The number of anilines is 1. The van der Waals surface area contributed by atoms with Gasteiger partial charge in [0.05, 0.1) is 28.8 Å². The van der Waals surface area contributed by atoms with Gasteiger partial charge in [-0.25, -0.2) is 8.42 Å². The molecule has 1 aliphatic heterocycles. The van der Waals surface area contributed by atoms with Crippen LogP contribution in [0.2, 0.25) is 0 Å². The molecular formula is C22H27N3O5S. The number of hydrogen-bond acceptors (Lipinski definition) is 5. The summed E-state index contributed by atoms with van der Waals surface area (Å²) in [5, 5.41) is 5.51. The molecule has 2 amide bonds. The minimum absolute atomic E-state index is 0.0335. The van der Waals surface area contributed by atoms with Crippen LogP contribution in [0.25, 0.3) is 0 Å². The van der Waals surface area contributed by atoms with E-state index in [1.807, 2.05) is 13.8 Å². The molecule has 2 N–H and O–H groups in total. The van der Waals surface area contributed by atoms with Crippen LogP contribution >= 0.6 is 0 Å². The third-order valence-corrected chi connectivity index (χ3v) is 6.85. The van der Waals surface area contributed by atoms with Gasteiger partial charge in [-0.15, -0.1) is 0 Å². The number of sulfonamides is 1. The van der Waals surface area contributed by atoms with Gasteiger partial charge >= 0.3 is 0 Å². The number of nitrogens with one attached hydrogen (secondary N) is 2. The normalized spacial score (nSPS) is 14.5. The summed E-state index contributed by atoms with van der Waals surface area (Å²) in [6, 6.07) is 10.8. The number of carbonyl (C=O) groups excluding carboxylic acids is 2. The Bertz CT molecular complexity index is 1080. The van der Waals surface area contributed by atoms with Crippen molar-refractivity contribution in [3.05, 3.63) is 53.6 Å². The van der Waals surface area contributed by atoms with Gasteiger partial charge in [-0.2, -0.15) is 4.31 Å². The lowest BCUT2D eigenvalue weighted by molar-refractivity contribution is 0.0944. The predicted octanol–water partition coefficient (Wildman–Crippen LogP) is 2.87. The summed E-state index contributed by atoms with van der Waals surface area (Å²) in [4.78, 5) is 25.6. The van der Waals surface area contributed by atoms with E-state index in [0.29, 0.717) is 24.3 Å². The van der Waals surface area contributed by atoms with Crippen LogP contribution in [0.15, 0.2) is 47.4 Å². The summed E-state index contributed by atoms with van der Waals surface area (Å²) < 4.78 is 32.5.